The second-order valence-corrected chi connectivity index (χ2v) is 5.55. The maximum absolute atomic E-state index is 12.9. The molecule has 0 heterocycles. The molecule has 21 heavy (non-hydrogen) atoms. The molecule has 1 aromatic carbocycles. The lowest BCUT2D eigenvalue weighted by molar-refractivity contribution is -0.143. The molecule has 1 atom stereocenters. The minimum Gasteiger partial charge on any atom is -0.467 e. The zero-order chi connectivity index (χ0) is 16.0. The highest BCUT2D eigenvalue weighted by Gasteiger charge is 2.25. The molecule has 1 N–H and O–H groups in total. The SMILES string of the molecule is COC(=O)[C@H](Cc1ccc([18F])cc1)NC(=O)OC(C)(C)C. The minimum absolute atomic E-state index is 0.187. The van der Waals surface area contributed by atoms with Crippen molar-refractivity contribution in [1.82, 2.24) is 5.32 Å². The molecule has 0 saturated heterocycles. The van der Waals surface area contributed by atoms with Gasteiger partial charge in [0.2, 0.25) is 0 Å². The lowest BCUT2D eigenvalue weighted by Gasteiger charge is -2.22. The van der Waals surface area contributed by atoms with Gasteiger partial charge in [0.25, 0.3) is 0 Å². The number of nitrogens with one attached hydrogen (secondary N) is 1. The number of halogens is 1. The minimum atomic E-state index is -0.893. The Morgan fingerprint density at radius 1 is 1.24 bits per heavy atom. The maximum Gasteiger partial charge on any atom is 0.408 e. The van der Waals surface area contributed by atoms with E-state index in [0.29, 0.717) is 5.56 Å². The average Bonchev–Trinajstić information content (AvgIpc) is 2.37. The summed E-state index contributed by atoms with van der Waals surface area (Å²) in [6.45, 7) is 5.17. The van der Waals surface area contributed by atoms with Crippen molar-refractivity contribution in [3.63, 3.8) is 0 Å². The van der Waals surface area contributed by atoms with Crippen LogP contribution in [0, 0.1) is 5.82 Å². The first-order valence-corrected chi connectivity index (χ1v) is 6.53. The van der Waals surface area contributed by atoms with Gasteiger partial charge in [0, 0.05) is 6.42 Å². The average molecular weight is 296 g/mol. The van der Waals surface area contributed by atoms with Gasteiger partial charge >= 0.3 is 12.1 Å². The maximum atomic E-state index is 12.9. The number of alkyl carbamates (subject to hydrolysis) is 1. The molecule has 0 unspecified atom stereocenters. The van der Waals surface area contributed by atoms with Crippen LogP contribution in [0.4, 0.5) is 9.18 Å². The van der Waals surface area contributed by atoms with Crippen molar-refractivity contribution in [3.05, 3.63) is 35.6 Å². The Morgan fingerprint density at radius 3 is 2.29 bits per heavy atom. The fourth-order valence-corrected chi connectivity index (χ4v) is 1.64. The van der Waals surface area contributed by atoms with Crippen molar-refractivity contribution in [2.75, 3.05) is 7.11 Å². The topological polar surface area (TPSA) is 64.6 Å². The normalized spacial score (nSPS) is 12.4. The van der Waals surface area contributed by atoms with Crippen LogP contribution in [0.25, 0.3) is 0 Å². The van der Waals surface area contributed by atoms with Gasteiger partial charge < -0.3 is 14.8 Å². The summed E-state index contributed by atoms with van der Waals surface area (Å²) in [5, 5.41) is 2.46. The number of hydrogen-bond donors (Lipinski definition) is 1. The van der Waals surface area contributed by atoms with Crippen LogP contribution in [0.2, 0.25) is 0 Å². The molecule has 0 fully saturated rings. The van der Waals surface area contributed by atoms with Gasteiger partial charge in [0.1, 0.15) is 17.5 Å². The van der Waals surface area contributed by atoms with Crippen LogP contribution in [-0.4, -0.2) is 30.8 Å². The third-order valence-electron chi connectivity index (χ3n) is 2.53. The molecule has 0 aliphatic heterocycles. The van der Waals surface area contributed by atoms with Gasteiger partial charge in [-0.15, -0.1) is 0 Å². The molecule has 1 amide bonds. The van der Waals surface area contributed by atoms with Gasteiger partial charge in [-0.2, -0.15) is 0 Å². The van der Waals surface area contributed by atoms with Gasteiger partial charge in [0.15, 0.2) is 0 Å². The number of carbonyl (C=O) groups excluding carboxylic acids is 2. The van der Waals surface area contributed by atoms with Gasteiger partial charge in [-0.3, -0.25) is 0 Å². The molecule has 1 aromatic rings. The quantitative estimate of drug-likeness (QED) is 0.867. The monoisotopic (exact) mass is 296 g/mol. The number of rotatable bonds is 4. The zero-order valence-electron chi connectivity index (χ0n) is 12.6. The van der Waals surface area contributed by atoms with Gasteiger partial charge in [-0.05, 0) is 38.5 Å². The van der Waals surface area contributed by atoms with Crippen LogP contribution < -0.4 is 5.32 Å². The van der Waals surface area contributed by atoms with Crippen molar-refractivity contribution < 1.29 is 23.5 Å². The molecular weight excluding hydrogens is 276 g/mol. The van der Waals surface area contributed by atoms with Gasteiger partial charge in [-0.25, -0.2) is 14.0 Å². The van der Waals surface area contributed by atoms with Crippen LogP contribution in [-0.2, 0) is 20.7 Å². The van der Waals surface area contributed by atoms with Crippen LogP contribution in [0.1, 0.15) is 26.3 Å². The molecule has 0 aliphatic rings. The molecule has 0 bridgehead atoms. The van der Waals surface area contributed by atoms with E-state index in [2.05, 4.69) is 10.1 Å². The highest BCUT2D eigenvalue weighted by molar-refractivity contribution is 5.81. The van der Waals surface area contributed by atoms with Crippen molar-refractivity contribution in [2.45, 2.75) is 38.8 Å². The molecule has 5 nitrogen and oxygen atoms in total. The smallest absolute Gasteiger partial charge is 0.408 e. The van der Waals surface area contributed by atoms with Gasteiger partial charge in [0.05, 0.1) is 7.11 Å². The molecule has 0 aliphatic carbocycles. The number of amides is 1. The Balaban J connectivity index is 2.74. The summed E-state index contributed by atoms with van der Waals surface area (Å²) in [5.74, 6) is -0.960. The third-order valence-corrected chi connectivity index (χ3v) is 2.53. The van der Waals surface area contributed by atoms with E-state index in [1.165, 1.54) is 19.2 Å². The third kappa shape index (κ3) is 6.25. The molecule has 0 radical (unpaired) electrons. The van der Waals surface area contributed by atoms with E-state index in [9.17, 15) is 14.0 Å². The van der Waals surface area contributed by atoms with E-state index in [1.54, 1.807) is 32.9 Å². The lowest BCUT2D eigenvalue weighted by atomic mass is 10.1. The Morgan fingerprint density at radius 2 is 1.81 bits per heavy atom. The summed E-state index contributed by atoms with van der Waals surface area (Å²) in [4.78, 5) is 23.5. The van der Waals surface area contributed by atoms with Gasteiger partial charge in [-0.1, -0.05) is 12.1 Å². The number of esters is 1. The number of hydrogen-bond acceptors (Lipinski definition) is 4. The molecular formula is C15H20FNO4. The fourth-order valence-electron chi connectivity index (χ4n) is 1.64. The predicted octanol–water partition coefficient (Wildman–Crippen LogP) is 2.43. The summed E-state index contributed by atoms with van der Waals surface area (Å²) < 4.78 is 22.6. The van der Waals surface area contributed by atoms with Crippen molar-refractivity contribution in [2.24, 2.45) is 0 Å². The molecule has 0 aromatic heterocycles. The van der Waals surface area contributed by atoms with E-state index >= 15 is 0 Å². The standard InChI is InChI=1S/C15H20FNO4/c1-15(2,3)21-14(19)17-12(13(18)20-4)9-10-5-7-11(16)8-6-10/h5-8,12H,9H2,1-4H3,(H,17,19)/t12-/m0/s1/i16-1. The fraction of sp³-hybridized carbons (Fsp3) is 0.467. The largest absolute Gasteiger partial charge is 0.467 e. The molecule has 116 valence electrons. The molecule has 6 heteroatoms. The lowest BCUT2D eigenvalue weighted by Crippen LogP contribution is -2.45. The Labute approximate surface area is 123 Å². The Hall–Kier alpha value is -2.11. The van der Waals surface area contributed by atoms with E-state index in [-0.39, 0.29) is 12.2 Å². The van der Waals surface area contributed by atoms with Crippen molar-refractivity contribution >= 4 is 12.1 Å². The first kappa shape index (κ1) is 16.9. The second-order valence-electron chi connectivity index (χ2n) is 5.55. The summed E-state index contributed by atoms with van der Waals surface area (Å²) in [7, 11) is 1.23. The van der Waals surface area contributed by atoms with Crippen molar-refractivity contribution in [1.29, 1.82) is 0 Å². The first-order chi connectivity index (χ1) is 9.71. The number of carbonyl (C=O) groups is 2. The zero-order valence-corrected chi connectivity index (χ0v) is 12.6. The van der Waals surface area contributed by atoms with Crippen LogP contribution in [0.3, 0.4) is 0 Å². The summed E-state index contributed by atoms with van der Waals surface area (Å²) in [5.41, 5.74) is 0.0310. The van der Waals surface area contributed by atoms with Crippen LogP contribution >= 0.6 is 0 Å². The number of benzene rings is 1. The summed E-state index contributed by atoms with van der Waals surface area (Å²) in [6, 6.07) is 4.77. The number of ether oxygens (including phenoxy) is 2. The summed E-state index contributed by atoms with van der Waals surface area (Å²) in [6.07, 6.45) is -0.522. The molecule has 0 saturated carbocycles. The molecule has 1 rings (SSSR count). The van der Waals surface area contributed by atoms with Crippen LogP contribution in [0.5, 0.6) is 0 Å². The molecule has 0 spiro atoms. The highest BCUT2D eigenvalue weighted by Crippen LogP contribution is 2.10. The van der Waals surface area contributed by atoms with E-state index in [0.717, 1.165) is 0 Å². The predicted molar refractivity (Wildman–Crippen MR) is 75.3 cm³/mol. The van der Waals surface area contributed by atoms with E-state index in [1.807, 2.05) is 0 Å². The number of methoxy groups -OCH3 is 1. The second kappa shape index (κ2) is 7.06. The summed E-state index contributed by atoms with van der Waals surface area (Å²) >= 11 is 0. The van der Waals surface area contributed by atoms with Crippen molar-refractivity contribution in [3.8, 4) is 0 Å². The highest BCUT2D eigenvalue weighted by atomic mass is 18.2. The van der Waals surface area contributed by atoms with Crippen LogP contribution in [0.15, 0.2) is 24.3 Å². The Kier molecular flexibility index (Phi) is 5.69. The Bertz CT molecular complexity index is 493. The van der Waals surface area contributed by atoms with E-state index in [4.69, 9.17) is 4.74 Å². The first-order valence-electron chi connectivity index (χ1n) is 6.53. The van der Waals surface area contributed by atoms with E-state index < -0.39 is 23.7 Å².